The van der Waals surface area contributed by atoms with E-state index < -0.39 is 11.4 Å². The summed E-state index contributed by atoms with van der Waals surface area (Å²) in [6, 6.07) is 0.185. The van der Waals surface area contributed by atoms with Gasteiger partial charge in [-0.25, -0.2) is 4.79 Å². The minimum Gasteiger partial charge on any atom is -0.481 e. The van der Waals surface area contributed by atoms with Gasteiger partial charge in [-0.3, -0.25) is 4.79 Å². The Morgan fingerprint density at radius 3 is 2.74 bits per heavy atom. The minimum atomic E-state index is -0.810. The van der Waals surface area contributed by atoms with Gasteiger partial charge >= 0.3 is 12.0 Å². The molecule has 3 atom stereocenters. The lowest BCUT2D eigenvalue weighted by molar-refractivity contribution is -0.146. The van der Waals surface area contributed by atoms with Gasteiger partial charge in [0.15, 0.2) is 0 Å². The first-order valence-electron chi connectivity index (χ1n) is 7.25. The van der Waals surface area contributed by atoms with Crippen molar-refractivity contribution in [2.24, 2.45) is 11.3 Å². The third-order valence-corrected chi connectivity index (χ3v) is 4.77. The lowest BCUT2D eigenvalue weighted by atomic mass is 9.90. The molecule has 108 valence electrons. The molecule has 1 aliphatic heterocycles. The second-order valence-electron chi connectivity index (χ2n) is 6.19. The van der Waals surface area contributed by atoms with Crippen molar-refractivity contribution < 1.29 is 14.7 Å². The van der Waals surface area contributed by atoms with E-state index in [2.05, 4.69) is 12.2 Å². The van der Waals surface area contributed by atoms with Gasteiger partial charge in [0.05, 0.1) is 5.41 Å². The Labute approximate surface area is 114 Å². The fourth-order valence-corrected chi connectivity index (χ4v) is 3.27. The van der Waals surface area contributed by atoms with Crippen LogP contribution in [0.4, 0.5) is 4.79 Å². The predicted molar refractivity (Wildman–Crippen MR) is 71.9 cm³/mol. The molecular weight excluding hydrogens is 244 g/mol. The molecule has 1 saturated carbocycles. The van der Waals surface area contributed by atoms with Crippen LogP contribution in [0.1, 0.15) is 46.0 Å². The molecule has 2 aliphatic rings. The van der Waals surface area contributed by atoms with Gasteiger partial charge in [-0.2, -0.15) is 0 Å². The molecule has 2 rings (SSSR count). The number of amides is 2. The number of hydrogen-bond acceptors (Lipinski definition) is 2. The number of likely N-dealkylation sites (tertiary alicyclic amines) is 1. The minimum absolute atomic E-state index is 0.0877. The smallest absolute Gasteiger partial charge is 0.317 e. The fourth-order valence-electron chi connectivity index (χ4n) is 3.27. The quantitative estimate of drug-likeness (QED) is 0.823. The van der Waals surface area contributed by atoms with E-state index in [1.165, 1.54) is 12.8 Å². The third kappa shape index (κ3) is 2.85. The summed E-state index contributed by atoms with van der Waals surface area (Å²) in [6.07, 6.45) is 5.05. The molecule has 5 nitrogen and oxygen atoms in total. The third-order valence-electron chi connectivity index (χ3n) is 4.77. The zero-order valence-electron chi connectivity index (χ0n) is 11.8. The number of carbonyl (C=O) groups is 2. The summed E-state index contributed by atoms with van der Waals surface area (Å²) in [4.78, 5) is 25.0. The van der Waals surface area contributed by atoms with Gasteiger partial charge in [0, 0.05) is 19.1 Å². The summed E-state index contributed by atoms with van der Waals surface area (Å²) < 4.78 is 0. The number of rotatable bonds is 3. The molecule has 0 spiro atoms. The van der Waals surface area contributed by atoms with Crippen molar-refractivity contribution >= 4 is 12.0 Å². The van der Waals surface area contributed by atoms with Crippen LogP contribution < -0.4 is 5.32 Å². The molecular formula is C14H24N2O3. The monoisotopic (exact) mass is 268 g/mol. The Balaban J connectivity index is 1.90. The summed E-state index contributed by atoms with van der Waals surface area (Å²) in [5.74, 6) is -0.229. The average molecular weight is 268 g/mol. The van der Waals surface area contributed by atoms with Gasteiger partial charge in [0.1, 0.15) is 0 Å². The largest absolute Gasteiger partial charge is 0.481 e. The van der Waals surface area contributed by atoms with Crippen molar-refractivity contribution in [3.8, 4) is 0 Å². The number of aliphatic carboxylic acids is 1. The molecule has 2 N–H and O–H groups in total. The van der Waals surface area contributed by atoms with Crippen LogP contribution in [-0.2, 0) is 4.79 Å². The summed E-state index contributed by atoms with van der Waals surface area (Å²) >= 11 is 0. The lowest BCUT2D eigenvalue weighted by Crippen LogP contribution is -2.46. The molecule has 1 heterocycles. The maximum absolute atomic E-state index is 12.2. The van der Waals surface area contributed by atoms with Crippen LogP contribution in [-0.4, -0.2) is 41.1 Å². The Morgan fingerprint density at radius 2 is 2.16 bits per heavy atom. The average Bonchev–Trinajstić information content (AvgIpc) is 2.96. The zero-order chi connectivity index (χ0) is 14.0. The predicted octanol–water partition coefficient (Wildman–Crippen LogP) is 2.07. The molecule has 0 aromatic rings. The Morgan fingerprint density at radius 1 is 1.42 bits per heavy atom. The standard InChI is InChI=1S/C14H24N2O3/c1-3-10-5-4-6-11(10)15-13(19)16-8-7-14(2,9-16)12(17)18/h10-11H,3-9H2,1-2H3,(H,15,19)(H,17,18). The SMILES string of the molecule is CCC1CCCC1NC(=O)N1CCC(C)(C(=O)O)C1. The van der Waals surface area contributed by atoms with Crippen molar-refractivity contribution in [1.82, 2.24) is 10.2 Å². The first kappa shape index (κ1) is 14.2. The van der Waals surface area contributed by atoms with Crippen LogP contribution in [0, 0.1) is 11.3 Å². The second-order valence-corrected chi connectivity index (χ2v) is 6.19. The van der Waals surface area contributed by atoms with Crippen molar-refractivity contribution in [2.75, 3.05) is 13.1 Å². The molecule has 19 heavy (non-hydrogen) atoms. The maximum Gasteiger partial charge on any atom is 0.317 e. The fraction of sp³-hybridized carbons (Fsp3) is 0.857. The molecule has 3 unspecified atom stereocenters. The molecule has 0 aromatic carbocycles. The van der Waals surface area contributed by atoms with Gasteiger partial charge in [-0.05, 0) is 32.1 Å². The van der Waals surface area contributed by atoms with E-state index in [1.807, 2.05) is 0 Å². The van der Waals surface area contributed by atoms with E-state index in [0.717, 1.165) is 12.8 Å². The number of urea groups is 1. The normalized spacial score (nSPS) is 34.5. The molecule has 0 aromatic heterocycles. The van der Waals surface area contributed by atoms with E-state index in [1.54, 1.807) is 11.8 Å². The highest BCUT2D eigenvalue weighted by molar-refractivity contribution is 5.79. The van der Waals surface area contributed by atoms with Crippen molar-refractivity contribution in [3.05, 3.63) is 0 Å². The van der Waals surface area contributed by atoms with E-state index in [0.29, 0.717) is 25.4 Å². The Hall–Kier alpha value is -1.26. The lowest BCUT2D eigenvalue weighted by Gasteiger charge is -2.25. The number of carbonyl (C=O) groups excluding carboxylic acids is 1. The highest BCUT2D eigenvalue weighted by Crippen LogP contribution is 2.31. The topological polar surface area (TPSA) is 69.6 Å². The number of hydrogen-bond donors (Lipinski definition) is 2. The van der Waals surface area contributed by atoms with Gasteiger partial charge in [0.25, 0.3) is 0 Å². The summed E-state index contributed by atoms with van der Waals surface area (Å²) in [6.45, 7) is 4.73. The second kappa shape index (κ2) is 5.39. The molecule has 5 heteroatoms. The van der Waals surface area contributed by atoms with E-state index in [-0.39, 0.29) is 12.1 Å². The van der Waals surface area contributed by atoms with Gasteiger partial charge in [-0.15, -0.1) is 0 Å². The van der Waals surface area contributed by atoms with Crippen LogP contribution in [0.15, 0.2) is 0 Å². The highest BCUT2D eigenvalue weighted by atomic mass is 16.4. The zero-order valence-corrected chi connectivity index (χ0v) is 11.8. The van der Waals surface area contributed by atoms with Crippen molar-refractivity contribution in [3.63, 3.8) is 0 Å². The van der Waals surface area contributed by atoms with Crippen LogP contribution in [0.5, 0.6) is 0 Å². The Kier molecular flexibility index (Phi) is 4.02. The highest BCUT2D eigenvalue weighted by Gasteiger charge is 2.42. The van der Waals surface area contributed by atoms with Gasteiger partial charge in [0.2, 0.25) is 0 Å². The number of nitrogens with one attached hydrogen (secondary N) is 1. The molecule has 2 amide bonds. The van der Waals surface area contributed by atoms with Crippen LogP contribution >= 0.6 is 0 Å². The van der Waals surface area contributed by atoms with Gasteiger partial charge < -0.3 is 15.3 Å². The van der Waals surface area contributed by atoms with Crippen molar-refractivity contribution in [1.29, 1.82) is 0 Å². The summed E-state index contributed by atoms with van der Waals surface area (Å²) in [5.41, 5.74) is -0.781. The van der Waals surface area contributed by atoms with Crippen molar-refractivity contribution in [2.45, 2.75) is 52.0 Å². The molecule has 1 aliphatic carbocycles. The molecule has 0 bridgehead atoms. The number of nitrogens with zero attached hydrogens (tertiary/aromatic N) is 1. The molecule has 0 radical (unpaired) electrons. The first-order chi connectivity index (χ1) is 8.96. The first-order valence-corrected chi connectivity index (χ1v) is 7.25. The molecule has 1 saturated heterocycles. The van der Waals surface area contributed by atoms with Crippen LogP contribution in [0.3, 0.4) is 0 Å². The number of carboxylic acid groups (broad SMARTS) is 1. The summed E-state index contributed by atoms with van der Waals surface area (Å²) in [7, 11) is 0. The van der Waals surface area contributed by atoms with E-state index in [9.17, 15) is 14.7 Å². The maximum atomic E-state index is 12.2. The molecule has 2 fully saturated rings. The number of carboxylic acids is 1. The van der Waals surface area contributed by atoms with Crippen LogP contribution in [0.25, 0.3) is 0 Å². The summed E-state index contributed by atoms with van der Waals surface area (Å²) in [5, 5.41) is 12.3. The van der Waals surface area contributed by atoms with E-state index >= 15 is 0 Å². The van der Waals surface area contributed by atoms with Crippen LogP contribution in [0.2, 0.25) is 0 Å². The Bertz CT molecular complexity index is 372. The van der Waals surface area contributed by atoms with Gasteiger partial charge in [-0.1, -0.05) is 19.8 Å². The van der Waals surface area contributed by atoms with E-state index in [4.69, 9.17) is 0 Å².